The molecule has 0 aromatic carbocycles. The van der Waals surface area contributed by atoms with E-state index in [1.807, 2.05) is 0 Å². The van der Waals surface area contributed by atoms with Gasteiger partial charge in [-0.1, -0.05) is 0 Å². The summed E-state index contributed by atoms with van der Waals surface area (Å²) < 4.78 is 47.2. The van der Waals surface area contributed by atoms with Crippen molar-refractivity contribution in [3.8, 4) is 0 Å². The molecular weight excluding hydrogens is 190 g/mol. The van der Waals surface area contributed by atoms with Gasteiger partial charge < -0.3 is 5.11 Å². The number of sulfone groups is 1. The van der Waals surface area contributed by atoms with E-state index in [4.69, 9.17) is 5.11 Å². The second-order valence-corrected chi connectivity index (χ2v) is 5.21. The van der Waals surface area contributed by atoms with Crippen molar-refractivity contribution < 1.29 is 22.3 Å². The quantitative estimate of drug-likeness (QED) is 0.650. The van der Waals surface area contributed by atoms with Crippen LogP contribution in [0.2, 0.25) is 0 Å². The number of hydrogen-bond acceptors (Lipinski definition) is 3. The van der Waals surface area contributed by atoms with E-state index in [1.54, 1.807) is 0 Å². The Labute approximate surface area is 69.3 Å². The minimum Gasteiger partial charge on any atom is -0.396 e. The van der Waals surface area contributed by atoms with Crippen LogP contribution < -0.4 is 0 Å². The number of alkyl halides is 2. The second kappa shape index (κ2) is 2.92. The number of aliphatic hydroxyl groups excluding tert-OH is 1. The lowest BCUT2D eigenvalue weighted by Crippen LogP contribution is -2.44. The first kappa shape index (κ1) is 9.85. The van der Waals surface area contributed by atoms with Crippen molar-refractivity contribution in [2.45, 2.75) is 12.3 Å². The smallest absolute Gasteiger partial charge is 0.266 e. The summed E-state index contributed by atoms with van der Waals surface area (Å²) in [4.78, 5) is 0. The van der Waals surface area contributed by atoms with Crippen LogP contribution in [-0.4, -0.2) is 37.6 Å². The van der Waals surface area contributed by atoms with Gasteiger partial charge in [0.2, 0.25) is 0 Å². The predicted octanol–water partition coefficient (Wildman–Crippen LogP) is 0.0487. The molecule has 0 spiro atoms. The minimum absolute atomic E-state index is 0.147. The zero-order chi connectivity index (χ0) is 9.41. The maximum Gasteiger partial charge on any atom is 0.266 e. The van der Waals surface area contributed by atoms with Gasteiger partial charge in [-0.15, -0.1) is 0 Å². The van der Waals surface area contributed by atoms with Crippen LogP contribution in [0.15, 0.2) is 0 Å². The fraction of sp³-hybridized carbons (Fsp3) is 1.00. The molecule has 72 valence electrons. The van der Waals surface area contributed by atoms with Crippen LogP contribution in [0.25, 0.3) is 0 Å². The molecule has 1 atom stereocenters. The molecule has 0 aromatic heterocycles. The van der Waals surface area contributed by atoms with Gasteiger partial charge >= 0.3 is 0 Å². The lowest BCUT2D eigenvalue weighted by Gasteiger charge is -2.29. The van der Waals surface area contributed by atoms with E-state index in [9.17, 15) is 17.2 Å². The summed E-state index contributed by atoms with van der Waals surface area (Å²) in [7, 11) is -3.59. The van der Waals surface area contributed by atoms with Gasteiger partial charge in [0.25, 0.3) is 5.92 Å². The highest BCUT2D eigenvalue weighted by Gasteiger charge is 2.47. The molecule has 1 aliphatic rings. The zero-order valence-electron chi connectivity index (χ0n) is 6.33. The van der Waals surface area contributed by atoms with Crippen LogP contribution in [0.3, 0.4) is 0 Å². The van der Waals surface area contributed by atoms with Gasteiger partial charge in [-0.2, -0.15) is 0 Å². The molecule has 0 bridgehead atoms. The molecule has 0 aliphatic carbocycles. The van der Waals surface area contributed by atoms with Crippen LogP contribution in [-0.2, 0) is 9.84 Å². The van der Waals surface area contributed by atoms with Crippen LogP contribution in [0.4, 0.5) is 8.78 Å². The summed E-state index contributed by atoms with van der Waals surface area (Å²) in [6.45, 7) is -0.650. The SMILES string of the molecule is O=S1(=O)CCC(CO)C(F)(F)C1. The van der Waals surface area contributed by atoms with Crippen molar-refractivity contribution in [3.05, 3.63) is 0 Å². The van der Waals surface area contributed by atoms with Crippen molar-refractivity contribution in [2.75, 3.05) is 18.1 Å². The number of rotatable bonds is 1. The van der Waals surface area contributed by atoms with Crippen molar-refractivity contribution >= 4 is 9.84 Å². The highest BCUT2D eigenvalue weighted by molar-refractivity contribution is 7.91. The standard InChI is InChI=1S/C6H10F2O3S/c7-6(8)4-12(10,11)2-1-5(6)3-9/h5,9H,1-4H2. The molecule has 0 aromatic rings. The van der Waals surface area contributed by atoms with Gasteiger partial charge in [-0.25, -0.2) is 17.2 Å². The lowest BCUT2D eigenvalue weighted by atomic mass is 10.0. The van der Waals surface area contributed by atoms with Crippen molar-refractivity contribution in [3.63, 3.8) is 0 Å². The van der Waals surface area contributed by atoms with Gasteiger partial charge in [0, 0.05) is 5.92 Å². The summed E-state index contributed by atoms with van der Waals surface area (Å²) >= 11 is 0. The maximum absolute atomic E-state index is 12.8. The van der Waals surface area contributed by atoms with Gasteiger partial charge in [-0.05, 0) is 6.42 Å². The van der Waals surface area contributed by atoms with Gasteiger partial charge in [0.1, 0.15) is 5.75 Å². The third kappa shape index (κ3) is 1.92. The molecule has 1 unspecified atom stereocenters. The Morgan fingerprint density at radius 1 is 1.50 bits per heavy atom. The molecule has 1 aliphatic heterocycles. The second-order valence-electron chi connectivity index (χ2n) is 3.02. The molecule has 0 radical (unpaired) electrons. The predicted molar refractivity (Wildman–Crippen MR) is 38.8 cm³/mol. The molecule has 1 N–H and O–H groups in total. The molecule has 6 heteroatoms. The lowest BCUT2D eigenvalue weighted by molar-refractivity contribution is -0.0606. The topological polar surface area (TPSA) is 54.4 Å². The zero-order valence-corrected chi connectivity index (χ0v) is 7.15. The minimum atomic E-state index is -3.59. The Morgan fingerprint density at radius 3 is 2.50 bits per heavy atom. The first-order chi connectivity index (χ1) is 5.37. The summed E-state index contributed by atoms with van der Waals surface area (Å²) in [5.41, 5.74) is 0. The Kier molecular flexibility index (Phi) is 2.40. The van der Waals surface area contributed by atoms with Crippen LogP contribution in [0.1, 0.15) is 6.42 Å². The van der Waals surface area contributed by atoms with Crippen LogP contribution in [0.5, 0.6) is 0 Å². The van der Waals surface area contributed by atoms with E-state index in [-0.39, 0.29) is 12.2 Å². The highest BCUT2D eigenvalue weighted by atomic mass is 32.2. The average Bonchev–Trinajstić information content (AvgIpc) is 1.83. The fourth-order valence-corrected chi connectivity index (χ4v) is 2.85. The Hall–Kier alpha value is -0.230. The Bertz CT molecular complexity index is 260. The summed E-state index contributed by atoms with van der Waals surface area (Å²) in [5.74, 6) is -5.81. The molecule has 0 amide bonds. The molecular formula is C6H10F2O3S. The molecule has 1 rings (SSSR count). The van der Waals surface area contributed by atoms with E-state index >= 15 is 0 Å². The third-order valence-electron chi connectivity index (χ3n) is 2.01. The molecule has 1 saturated heterocycles. The van der Waals surface area contributed by atoms with Gasteiger partial charge in [-0.3, -0.25) is 0 Å². The molecule has 1 fully saturated rings. The van der Waals surface area contributed by atoms with E-state index in [0.29, 0.717) is 0 Å². The van der Waals surface area contributed by atoms with E-state index in [2.05, 4.69) is 0 Å². The van der Waals surface area contributed by atoms with Gasteiger partial charge in [0.05, 0.1) is 12.4 Å². The Balaban J connectivity index is 2.81. The largest absolute Gasteiger partial charge is 0.396 e. The Morgan fingerprint density at radius 2 is 2.08 bits per heavy atom. The van der Waals surface area contributed by atoms with Crippen molar-refractivity contribution in [2.24, 2.45) is 5.92 Å². The normalized spacial score (nSPS) is 33.1. The molecule has 0 saturated carbocycles. The van der Waals surface area contributed by atoms with E-state index < -0.39 is 34.0 Å². The molecule has 1 heterocycles. The number of hydrogen-bond donors (Lipinski definition) is 1. The van der Waals surface area contributed by atoms with Crippen molar-refractivity contribution in [1.82, 2.24) is 0 Å². The highest BCUT2D eigenvalue weighted by Crippen LogP contribution is 2.33. The first-order valence-electron chi connectivity index (χ1n) is 3.56. The maximum atomic E-state index is 12.8. The molecule has 12 heavy (non-hydrogen) atoms. The molecule has 3 nitrogen and oxygen atoms in total. The first-order valence-corrected chi connectivity index (χ1v) is 5.38. The average molecular weight is 200 g/mol. The van der Waals surface area contributed by atoms with Crippen molar-refractivity contribution in [1.29, 1.82) is 0 Å². The number of aliphatic hydroxyl groups is 1. The van der Waals surface area contributed by atoms with E-state index in [1.165, 1.54) is 0 Å². The summed E-state index contributed by atoms with van der Waals surface area (Å²) in [5, 5.41) is 8.52. The monoisotopic (exact) mass is 200 g/mol. The van der Waals surface area contributed by atoms with E-state index in [0.717, 1.165) is 0 Å². The van der Waals surface area contributed by atoms with Crippen LogP contribution >= 0.6 is 0 Å². The number of halogens is 2. The summed E-state index contributed by atoms with van der Waals surface area (Å²) in [6, 6.07) is 0. The summed E-state index contributed by atoms with van der Waals surface area (Å²) in [6.07, 6.45) is -0.147. The fourth-order valence-electron chi connectivity index (χ4n) is 1.24. The van der Waals surface area contributed by atoms with Gasteiger partial charge in [0.15, 0.2) is 9.84 Å². The van der Waals surface area contributed by atoms with Crippen LogP contribution in [0, 0.1) is 5.92 Å². The third-order valence-corrected chi connectivity index (χ3v) is 3.69.